The molecule has 0 aliphatic rings. The van der Waals surface area contributed by atoms with Crippen molar-refractivity contribution in [1.29, 1.82) is 0 Å². The van der Waals surface area contributed by atoms with E-state index in [-0.39, 0.29) is 9.92 Å². The summed E-state index contributed by atoms with van der Waals surface area (Å²) in [7, 11) is -3.74. The second kappa shape index (κ2) is 5.15. The van der Waals surface area contributed by atoms with Gasteiger partial charge in [0.25, 0.3) is 10.0 Å². The third-order valence-corrected chi connectivity index (χ3v) is 5.57. The predicted octanol–water partition coefficient (Wildman–Crippen LogP) is 3.30. The largest absolute Gasteiger partial charge is 0.270 e. The van der Waals surface area contributed by atoms with Gasteiger partial charge in [-0.15, -0.1) is 0 Å². The zero-order valence-electron chi connectivity index (χ0n) is 10.4. The molecule has 0 aliphatic carbocycles. The van der Waals surface area contributed by atoms with Crippen molar-refractivity contribution < 1.29 is 8.42 Å². The van der Waals surface area contributed by atoms with Crippen LogP contribution in [0.2, 0.25) is 10.0 Å². The van der Waals surface area contributed by atoms with Gasteiger partial charge in [0.05, 0.1) is 5.02 Å². The lowest BCUT2D eigenvalue weighted by molar-refractivity contribution is 0.584. The third kappa shape index (κ3) is 2.38. The van der Waals surface area contributed by atoms with Gasteiger partial charge in [0.2, 0.25) is 0 Å². The maximum atomic E-state index is 12.6. The van der Waals surface area contributed by atoms with Gasteiger partial charge < -0.3 is 0 Å². The number of nitrogens with zero attached hydrogens (tertiary/aromatic N) is 2. The van der Waals surface area contributed by atoms with Crippen LogP contribution < -0.4 is 0 Å². The summed E-state index contributed by atoms with van der Waals surface area (Å²) in [6, 6.07) is 2.94. The van der Waals surface area contributed by atoms with Crippen LogP contribution in [-0.2, 0) is 16.4 Å². The average molecular weight is 319 g/mol. The number of benzene rings is 1. The quantitative estimate of drug-likeness (QED) is 0.872. The Balaban J connectivity index is 2.68. The molecule has 2 aromatic rings. The summed E-state index contributed by atoms with van der Waals surface area (Å²) in [6.07, 6.45) is 3.37. The summed E-state index contributed by atoms with van der Waals surface area (Å²) >= 11 is 12.0. The highest BCUT2D eigenvalue weighted by Crippen LogP contribution is 2.31. The van der Waals surface area contributed by atoms with Crippen LogP contribution in [0.4, 0.5) is 0 Å². The van der Waals surface area contributed by atoms with E-state index in [1.807, 2.05) is 6.92 Å². The Hall–Kier alpha value is -1.04. The van der Waals surface area contributed by atoms with Gasteiger partial charge in [-0.25, -0.2) is 17.4 Å². The molecule has 102 valence electrons. The van der Waals surface area contributed by atoms with E-state index in [0.717, 1.165) is 3.97 Å². The molecule has 0 spiro atoms. The molecule has 0 bridgehead atoms. The zero-order valence-corrected chi connectivity index (χ0v) is 12.7. The molecule has 0 atom stereocenters. The van der Waals surface area contributed by atoms with Gasteiger partial charge in [0, 0.05) is 23.8 Å². The van der Waals surface area contributed by atoms with Crippen LogP contribution in [0.1, 0.15) is 18.3 Å². The molecule has 1 aromatic heterocycles. The molecule has 19 heavy (non-hydrogen) atoms. The Kier molecular flexibility index (Phi) is 3.90. The molecule has 7 heteroatoms. The molecule has 0 N–H and O–H groups in total. The normalized spacial score (nSPS) is 11.8. The van der Waals surface area contributed by atoms with Gasteiger partial charge in [0.15, 0.2) is 0 Å². The minimum absolute atomic E-state index is 0.0313. The van der Waals surface area contributed by atoms with Crippen molar-refractivity contribution in [3.8, 4) is 0 Å². The maximum Gasteiger partial charge on any atom is 0.270 e. The summed E-state index contributed by atoms with van der Waals surface area (Å²) in [6.45, 7) is 3.52. The van der Waals surface area contributed by atoms with E-state index in [1.165, 1.54) is 24.5 Å². The molecule has 0 radical (unpaired) electrons. The van der Waals surface area contributed by atoms with E-state index in [4.69, 9.17) is 23.2 Å². The summed E-state index contributed by atoms with van der Waals surface area (Å²) < 4.78 is 26.2. The Morgan fingerprint density at radius 1 is 1.32 bits per heavy atom. The fourth-order valence-electron chi connectivity index (χ4n) is 1.73. The number of hydrogen-bond donors (Lipinski definition) is 0. The second-order valence-electron chi connectivity index (χ2n) is 3.98. The SMILES string of the molecule is CCc1nccn1S(=O)(=O)c1ccc(Cl)c(C)c1Cl. The highest BCUT2D eigenvalue weighted by Gasteiger charge is 2.24. The summed E-state index contributed by atoms with van der Waals surface area (Å²) in [5.41, 5.74) is 0.544. The Morgan fingerprint density at radius 3 is 2.63 bits per heavy atom. The number of imidazole rings is 1. The predicted molar refractivity (Wildman–Crippen MR) is 75.4 cm³/mol. The van der Waals surface area contributed by atoms with Gasteiger partial charge in [-0.1, -0.05) is 30.1 Å². The van der Waals surface area contributed by atoms with E-state index in [0.29, 0.717) is 22.8 Å². The molecule has 0 saturated heterocycles. The molecule has 0 amide bonds. The van der Waals surface area contributed by atoms with Crippen molar-refractivity contribution in [1.82, 2.24) is 8.96 Å². The van der Waals surface area contributed by atoms with Crippen LogP contribution in [-0.4, -0.2) is 17.4 Å². The lowest BCUT2D eigenvalue weighted by atomic mass is 10.2. The second-order valence-corrected chi connectivity index (χ2v) is 6.55. The molecule has 0 aliphatic heterocycles. The average Bonchev–Trinajstić information content (AvgIpc) is 2.84. The van der Waals surface area contributed by atoms with Gasteiger partial charge >= 0.3 is 0 Å². The van der Waals surface area contributed by atoms with Crippen molar-refractivity contribution in [2.45, 2.75) is 25.2 Å². The van der Waals surface area contributed by atoms with Crippen LogP contribution in [0, 0.1) is 6.92 Å². The van der Waals surface area contributed by atoms with Crippen LogP contribution in [0.3, 0.4) is 0 Å². The minimum Gasteiger partial charge on any atom is -0.241 e. The highest BCUT2D eigenvalue weighted by molar-refractivity contribution is 7.90. The van der Waals surface area contributed by atoms with E-state index in [1.54, 1.807) is 6.92 Å². The zero-order chi connectivity index (χ0) is 14.2. The monoisotopic (exact) mass is 318 g/mol. The van der Waals surface area contributed by atoms with E-state index in [2.05, 4.69) is 4.98 Å². The standard InChI is InChI=1S/C12H12Cl2N2O2S/c1-3-11-15-6-7-16(11)19(17,18)10-5-4-9(13)8(2)12(10)14/h4-7H,3H2,1-2H3. The maximum absolute atomic E-state index is 12.6. The number of hydrogen-bond acceptors (Lipinski definition) is 3. The first-order valence-corrected chi connectivity index (χ1v) is 7.81. The third-order valence-electron chi connectivity index (χ3n) is 2.82. The van der Waals surface area contributed by atoms with Crippen LogP contribution in [0.25, 0.3) is 0 Å². The van der Waals surface area contributed by atoms with Crippen molar-refractivity contribution >= 4 is 33.2 Å². The lowest BCUT2D eigenvalue weighted by Crippen LogP contribution is -2.15. The van der Waals surface area contributed by atoms with Crippen molar-refractivity contribution in [3.05, 3.63) is 46.0 Å². The fourth-order valence-corrected chi connectivity index (χ4v) is 3.89. The number of rotatable bonds is 3. The highest BCUT2D eigenvalue weighted by atomic mass is 35.5. The van der Waals surface area contributed by atoms with E-state index < -0.39 is 10.0 Å². The van der Waals surface area contributed by atoms with Crippen LogP contribution >= 0.6 is 23.2 Å². The van der Waals surface area contributed by atoms with Crippen LogP contribution in [0.5, 0.6) is 0 Å². The first kappa shape index (κ1) is 14.4. The molecule has 1 aromatic carbocycles. The molecule has 2 rings (SSSR count). The topological polar surface area (TPSA) is 52.0 Å². The van der Waals surface area contributed by atoms with E-state index in [9.17, 15) is 8.42 Å². The first-order chi connectivity index (χ1) is 8.89. The van der Waals surface area contributed by atoms with Crippen molar-refractivity contribution in [2.75, 3.05) is 0 Å². The van der Waals surface area contributed by atoms with Crippen LogP contribution in [0.15, 0.2) is 29.4 Å². The summed E-state index contributed by atoms with van der Waals surface area (Å²) in [5, 5.41) is 0.577. The molecule has 0 saturated carbocycles. The Bertz CT molecular complexity index is 723. The first-order valence-electron chi connectivity index (χ1n) is 5.62. The lowest BCUT2D eigenvalue weighted by Gasteiger charge is -2.11. The Labute approximate surface area is 122 Å². The molecule has 0 fully saturated rings. The Morgan fingerprint density at radius 2 is 2.00 bits per heavy atom. The fraction of sp³-hybridized carbons (Fsp3) is 0.250. The number of halogens is 2. The summed E-state index contributed by atoms with van der Waals surface area (Å²) in [4.78, 5) is 4.04. The minimum atomic E-state index is -3.74. The van der Waals surface area contributed by atoms with Gasteiger partial charge in [-0.05, 0) is 24.6 Å². The van der Waals surface area contributed by atoms with Gasteiger partial charge in [-0.3, -0.25) is 0 Å². The number of aryl methyl sites for hydroxylation is 1. The van der Waals surface area contributed by atoms with Gasteiger partial charge in [0.1, 0.15) is 10.7 Å². The van der Waals surface area contributed by atoms with Crippen molar-refractivity contribution in [3.63, 3.8) is 0 Å². The summed E-state index contributed by atoms with van der Waals surface area (Å²) in [5.74, 6) is 0.462. The number of aromatic nitrogens is 2. The van der Waals surface area contributed by atoms with E-state index >= 15 is 0 Å². The smallest absolute Gasteiger partial charge is 0.241 e. The molecule has 1 heterocycles. The van der Waals surface area contributed by atoms with Gasteiger partial charge in [-0.2, -0.15) is 0 Å². The molecule has 0 unspecified atom stereocenters. The van der Waals surface area contributed by atoms with Crippen molar-refractivity contribution in [2.24, 2.45) is 0 Å². The molecular formula is C12H12Cl2N2O2S. The molecular weight excluding hydrogens is 307 g/mol. The molecule has 4 nitrogen and oxygen atoms in total.